The van der Waals surface area contributed by atoms with E-state index in [4.69, 9.17) is 87.3 Å². The summed E-state index contributed by atoms with van der Waals surface area (Å²) in [6, 6.07) is 4.35. The lowest BCUT2D eigenvalue weighted by atomic mass is 9.78. The van der Waals surface area contributed by atoms with Gasteiger partial charge in [-0.15, -0.1) is 5.10 Å². The summed E-state index contributed by atoms with van der Waals surface area (Å²) in [6.45, 7) is 20.3. The van der Waals surface area contributed by atoms with Crippen molar-refractivity contribution in [2.75, 3.05) is 152 Å². The number of carbonyl (C=O) groups excluding carboxylic acids is 7. The fourth-order valence-corrected chi connectivity index (χ4v) is 16.4. The molecule has 0 spiro atoms. The van der Waals surface area contributed by atoms with E-state index in [-0.39, 0.29) is 80.6 Å². The fourth-order valence-electron chi connectivity index (χ4n) is 16.4. The number of aliphatic hydroxyl groups is 2. The first-order valence-electron chi connectivity index (χ1n) is 44.9. The number of ether oxygens (including phenoxy) is 14. The molecule has 36 heteroatoms. The summed E-state index contributed by atoms with van der Waals surface area (Å²) in [5, 5.41) is 40.7. The number of hydrogen-bond acceptors (Lipinski definition) is 32. The van der Waals surface area contributed by atoms with E-state index in [0.29, 0.717) is 228 Å². The van der Waals surface area contributed by atoms with Gasteiger partial charge in [-0.1, -0.05) is 76.3 Å². The maximum absolute atomic E-state index is 14.8. The molecule has 1 saturated carbocycles. The first-order chi connectivity index (χ1) is 61.3. The summed E-state index contributed by atoms with van der Waals surface area (Å²) in [6.07, 6.45) is 15.3. The maximum atomic E-state index is 14.8. The summed E-state index contributed by atoms with van der Waals surface area (Å²) < 4.78 is 89.9. The minimum absolute atomic E-state index is 0.0198. The molecule has 15 atom stereocenters. The number of methoxy groups -OCH3 is 3. The van der Waals surface area contributed by atoms with Crippen LogP contribution in [0.5, 0.6) is 0 Å². The predicted octanol–water partition coefficient (Wildman–Crippen LogP) is 8.19. The Balaban J connectivity index is 0.598. The molecule has 704 valence electrons. The van der Waals surface area contributed by atoms with Crippen molar-refractivity contribution in [1.82, 2.24) is 49.9 Å². The van der Waals surface area contributed by atoms with Gasteiger partial charge in [0, 0.05) is 96.2 Å². The number of cyclic esters (lactones) is 1. The third kappa shape index (κ3) is 31.8. The van der Waals surface area contributed by atoms with Gasteiger partial charge in [-0.3, -0.25) is 28.8 Å². The van der Waals surface area contributed by atoms with E-state index in [2.05, 4.69) is 30.6 Å². The number of aromatic nitrogens is 8. The second-order valence-corrected chi connectivity index (χ2v) is 33.5. The Bertz CT molecular complexity index is 4400. The maximum Gasteiger partial charge on any atom is 0.329 e. The number of carbonyl (C=O) groups is 7. The molecule has 127 heavy (non-hydrogen) atoms. The van der Waals surface area contributed by atoms with Crippen LogP contribution in [0.3, 0.4) is 0 Å². The number of aryl methyl sites for hydroxylation is 2. The van der Waals surface area contributed by atoms with E-state index in [0.717, 1.165) is 24.0 Å². The molecule has 2 bridgehead atoms. The van der Waals surface area contributed by atoms with Gasteiger partial charge in [-0.2, -0.15) is 10.1 Å². The molecule has 3 fully saturated rings. The van der Waals surface area contributed by atoms with Crippen molar-refractivity contribution in [2.45, 2.75) is 225 Å². The first kappa shape index (κ1) is 102. The van der Waals surface area contributed by atoms with Crippen molar-refractivity contribution >= 4 is 75.1 Å². The van der Waals surface area contributed by atoms with Gasteiger partial charge in [0.15, 0.2) is 17.0 Å². The predicted molar refractivity (Wildman–Crippen MR) is 468 cm³/mol. The summed E-state index contributed by atoms with van der Waals surface area (Å²) in [5.41, 5.74) is 17.0. The lowest BCUT2D eigenvalue weighted by Gasteiger charge is -2.42. The molecule has 5 aromatic rings. The molecule has 1 aromatic carbocycles. The number of fused-ring (bicyclic) bond motifs is 5. The second-order valence-electron chi connectivity index (χ2n) is 33.5. The van der Waals surface area contributed by atoms with Gasteiger partial charge in [0.1, 0.15) is 59.6 Å². The highest BCUT2D eigenvalue weighted by molar-refractivity contribution is 6.39. The highest BCUT2D eigenvalue weighted by Crippen LogP contribution is 2.40. The quantitative estimate of drug-likeness (QED) is 0.0106. The van der Waals surface area contributed by atoms with E-state index in [1.54, 1.807) is 69.6 Å². The molecule has 7 heterocycles. The molecule has 4 aromatic heterocycles. The molecule has 3 aliphatic heterocycles. The number of nitrogen functional groups attached to an aromatic ring is 2. The Labute approximate surface area is 743 Å². The number of Topliss-reactive ketones (excluding diaryl/α,β-unsaturated/α-hetero) is 3. The number of amides is 2. The number of allylic oxidation sites excluding steroid dienone is 6. The molecule has 0 unspecified atom stereocenters. The zero-order valence-corrected chi connectivity index (χ0v) is 75.7. The minimum atomic E-state index is -2.48. The number of anilines is 2. The van der Waals surface area contributed by atoms with Crippen molar-refractivity contribution < 1.29 is 115 Å². The average Bonchev–Trinajstić information content (AvgIpc) is 1.57. The summed E-state index contributed by atoms with van der Waals surface area (Å²) >= 11 is 0. The minimum Gasteiger partial charge on any atom is -0.460 e. The van der Waals surface area contributed by atoms with Crippen LogP contribution in [0.4, 0.5) is 11.8 Å². The van der Waals surface area contributed by atoms with Crippen LogP contribution in [0.1, 0.15) is 157 Å². The van der Waals surface area contributed by atoms with E-state index in [1.165, 1.54) is 18.3 Å². The molecule has 4 aliphatic rings. The number of piperidine rings is 1. The fraction of sp³-hybridized carbons (Fsp3) is 0.681. The van der Waals surface area contributed by atoms with Crippen LogP contribution in [0, 0.1) is 35.5 Å². The van der Waals surface area contributed by atoms with Crippen LogP contribution >= 0.6 is 0 Å². The number of benzene rings is 1. The van der Waals surface area contributed by atoms with Crippen molar-refractivity contribution in [3.63, 3.8) is 0 Å². The second kappa shape index (κ2) is 53.4. The molecule has 1 aliphatic carbocycles. The van der Waals surface area contributed by atoms with Crippen LogP contribution in [-0.2, 0) is 119 Å². The van der Waals surface area contributed by atoms with E-state index in [1.807, 2.05) is 63.3 Å². The number of nitrogens with zero attached hydrogens (tertiary/aromatic N) is 9. The van der Waals surface area contributed by atoms with Crippen LogP contribution in [-0.4, -0.2) is 291 Å². The highest BCUT2D eigenvalue weighted by Gasteiger charge is 2.53. The van der Waals surface area contributed by atoms with Gasteiger partial charge in [-0.05, 0) is 138 Å². The normalized spacial score (nSPS) is 26.5. The van der Waals surface area contributed by atoms with Gasteiger partial charge in [-0.25, -0.2) is 24.1 Å². The van der Waals surface area contributed by atoms with Gasteiger partial charge >= 0.3 is 11.9 Å². The van der Waals surface area contributed by atoms with Gasteiger partial charge in [0.2, 0.25) is 11.7 Å². The number of nitrogens with one attached hydrogen (secondary N) is 1. The summed E-state index contributed by atoms with van der Waals surface area (Å²) in [4.78, 5) is 112. The summed E-state index contributed by atoms with van der Waals surface area (Å²) in [5.74, 6) is -8.85. The van der Waals surface area contributed by atoms with Crippen LogP contribution in [0.25, 0.3) is 33.4 Å². The molecular weight excluding hydrogens is 1650 g/mol. The zero-order chi connectivity index (χ0) is 91.2. The third-order valence-corrected chi connectivity index (χ3v) is 23.8. The van der Waals surface area contributed by atoms with Gasteiger partial charge < -0.3 is 103 Å². The molecular formula is C91H136N12O24. The standard InChI is InChI=1S/C91H136N12O24/c1-59-18-12-11-13-19-60(2)75(113-8)55-69-25-21-65(7)91(112,127-69)85(109)88(110)102-31-16-14-20-71(102)89(111)125-76(56-72(104)61(3)51-64(6)83(108)84(115-10)82(107)63(5)50-59)62(4)52-66-22-26-74(77(53-66)114-9)124-79(106)28-24-68-57-101(100-98-68)33-35-117-37-39-119-41-43-121-45-47-123-49-48-122-46-44-120-42-40-118-38-36-116-34-29-78(105)94-30-15-17-32-103-87-80(86(92)95-58-96-87)81(99-103)67-23-27-73-70(54-67)97-90(93)126-73/h11-13,18-19,23,27,51,54,57-59,61-63,65-66,69,71,74-77,83-84,108,112H,14-17,20-22,24-26,28-50,52-53,55-56H2,1-10H3,(H2,93,97)(H,94,105)(H2,92,95,96)/b13-11+,18-12+,60-19+,64-51+/t59-,61-,62-,63-,65-,66+,69+,71+,74-,75+,76+,77-,83-,84+,91-/m1/s1. The molecule has 2 saturated heterocycles. The molecule has 36 nitrogen and oxygen atoms in total. The van der Waals surface area contributed by atoms with Crippen LogP contribution in [0.2, 0.25) is 0 Å². The summed E-state index contributed by atoms with van der Waals surface area (Å²) in [7, 11) is 4.50. The third-order valence-electron chi connectivity index (χ3n) is 23.8. The molecule has 9 rings (SSSR count). The van der Waals surface area contributed by atoms with Gasteiger partial charge in [0.25, 0.3) is 17.7 Å². The Morgan fingerprint density at radius 1 is 0.724 bits per heavy atom. The molecule has 7 N–H and O–H groups in total. The average molecular weight is 1780 g/mol. The number of ketones is 3. The number of esters is 2. The van der Waals surface area contributed by atoms with E-state index in [9.17, 15) is 43.8 Å². The molecule has 0 radical (unpaired) electrons. The van der Waals surface area contributed by atoms with Crippen molar-refractivity contribution in [3.05, 3.63) is 84.0 Å². The number of hydrogen-bond donors (Lipinski definition) is 5. The monoisotopic (exact) mass is 1780 g/mol. The lowest BCUT2D eigenvalue weighted by Crippen LogP contribution is -2.61. The number of unbranched alkanes of at least 4 members (excludes halogenated alkanes) is 1. The SMILES string of the molecule is CO[C@H]1C[C@@H]2CC[C@@H](C)[C@@](O)(O2)C(=O)C(=O)N2CCCC[C@H]2C(=O)O[C@H]([C@H](C)C[C@@H]2CC[C@@H](OC(=O)CCc3cn(CCOCCOCCOCCOCCOCCOCCOCCOCCC(=O)NCCCCn4nc(-c5ccc6oc(N)nc6c5)c5c(N)ncnc54)nn3)[C@H](OC)C2)CC(=O)[C@H](C)/C=C(\C)[C@@H](O)[C@@H](OC)C(=O)[C@H](C)C[C@H](C)/C=C/C=C/C=C/1C. The van der Waals surface area contributed by atoms with E-state index < -0.39 is 102 Å². The number of aliphatic hydroxyl groups excluding tert-OH is 1. The number of rotatable bonds is 43. The zero-order valence-electron chi connectivity index (χ0n) is 75.7. The Morgan fingerprint density at radius 2 is 1.40 bits per heavy atom. The Morgan fingerprint density at radius 3 is 2.07 bits per heavy atom. The number of nitrogens with two attached hydrogens (primary N) is 2. The number of oxazole rings is 1. The first-order valence-corrected chi connectivity index (χ1v) is 44.9. The van der Waals surface area contributed by atoms with Crippen LogP contribution in [0.15, 0.2) is 82.7 Å². The largest absolute Gasteiger partial charge is 0.460 e. The smallest absolute Gasteiger partial charge is 0.329 e. The van der Waals surface area contributed by atoms with Crippen LogP contribution < -0.4 is 16.8 Å². The van der Waals surface area contributed by atoms with Crippen molar-refractivity contribution in [2.24, 2.45) is 35.5 Å². The molecule has 2 amide bonds. The van der Waals surface area contributed by atoms with Crippen molar-refractivity contribution in [1.29, 1.82) is 0 Å². The Kier molecular flexibility index (Phi) is 42.9. The highest BCUT2D eigenvalue weighted by atomic mass is 16.6. The topological polar surface area (TPSA) is 457 Å². The Hall–Kier alpha value is -8.73. The van der Waals surface area contributed by atoms with Gasteiger partial charge in [0.05, 0.1) is 148 Å². The van der Waals surface area contributed by atoms with Crippen molar-refractivity contribution in [3.8, 4) is 11.3 Å². The van der Waals surface area contributed by atoms with E-state index >= 15 is 0 Å². The lowest BCUT2D eigenvalue weighted by molar-refractivity contribution is -0.265.